The molecule has 1 unspecified atom stereocenters. The van der Waals surface area contributed by atoms with Gasteiger partial charge in [-0.05, 0) is 62.1 Å². The first-order valence-corrected chi connectivity index (χ1v) is 9.82. The smallest absolute Gasteiger partial charge is 0.253 e. The minimum atomic E-state index is 0.0506. The van der Waals surface area contributed by atoms with E-state index in [2.05, 4.69) is 69.9 Å². The summed E-state index contributed by atoms with van der Waals surface area (Å²) in [5.74, 6) is 0.166. The fraction of sp³-hybridized carbons (Fsp3) is 0.320. The monoisotopic (exact) mass is 376 g/mol. The van der Waals surface area contributed by atoms with Crippen molar-refractivity contribution < 1.29 is 0 Å². The maximum atomic E-state index is 12.0. The largest absolute Gasteiger partial charge is 0.356 e. The Bertz CT molecular complexity index is 950. The zero-order chi connectivity index (χ0) is 20.8. The van der Waals surface area contributed by atoms with Gasteiger partial charge in [0, 0.05) is 36.1 Å². The van der Waals surface area contributed by atoms with Gasteiger partial charge < -0.3 is 9.88 Å². The molecule has 0 spiro atoms. The summed E-state index contributed by atoms with van der Waals surface area (Å²) in [6.07, 6.45) is 7.17. The molecule has 0 aliphatic rings. The van der Waals surface area contributed by atoms with Crippen LogP contribution in [0.4, 0.5) is 0 Å². The average Bonchev–Trinajstić information content (AvgIpc) is 2.67. The van der Waals surface area contributed by atoms with Crippen molar-refractivity contribution in [1.82, 2.24) is 9.88 Å². The van der Waals surface area contributed by atoms with Crippen LogP contribution in [-0.4, -0.2) is 4.57 Å². The molecule has 1 aromatic heterocycles. The van der Waals surface area contributed by atoms with Gasteiger partial charge in [-0.15, -0.1) is 0 Å². The molecule has 148 valence electrons. The van der Waals surface area contributed by atoms with Gasteiger partial charge in [-0.25, -0.2) is 0 Å². The maximum Gasteiger partial charge on any atom is 0.253 e. The molecule has 0 fully saturated rings. The third-order valence-corrected chi connectivity index (χ3v) is 5.13. The second-order valence-electron chi connectivity index (χ2n) is 7.47. The third-order valence-electron chi connectivity index (χ3n) is 5.13. The molecule has 3 nitrogen and oxygen atoms in total. The maximum absolute atomic E-state index is 12.0. The minimum Gasteiger partial charge on any atom is -0.356 e. The highest BCUT2D eigenvalue weighted by Crippen LogP contribution is 2.27. The molecule has 1 heterocycles. The van der Waals surface area contributed by atoms with E-state index in [0.717, 1.165) is 34.5 Å². The van der Waals surface area contributed by atoms with Gasteiger partial charge in [0.05, 0.1) is 0 Å². The number of hydrogen-bond acceptors (Lipinski definition) is 2. The van der Waals surface area contributed by atoms with Crippen LogP contribution < -0.4 is 10.9 Å². The zero-order valence-electron chi connectivity index (χ0n) is 18.0. The lowest BCUT2D eigenvalue weighted by molar-refractivity contribution is 0.790. The molecule has 0 saturated carbocycles. The molecule has 2 rings (SSSR count). The molecule has 0 aliphatic carbocycles. The molecular weight excluding hydrogens is 344 g/mol. The zero-order valence-corrected chi connectivity index (χ0v) is 18.0. The van der Waals surface area contributed by atoms with Crippen molar-refractivity contribution in [3.63, 3.8) is 0 Å². The molecule has 0 bridgehead atoms. The molecule has 1 aromatic carbocycles. The Morgan fingerprint density at radius 1 is 1.29 bits per heavy atom. The van der Waals surface area contributed by atoms with Gasteiger partial charge in [0.25, 0.3) is 5.56 Å². The van der Waals surface area contributed by atoms with Crippen molar-refractivity contribution >= 4 is 5.70 Å². The van der Waals surface area contributed by atoms with E-state index in [9.17, 15) is 4.79 Å². The molecule has 1 N–H and O–H groups in total. The predicted octanol–water partition coefficient (Wildman–Crippen LogP) is 5.61. The van der Waals surface area contributed by atoms with Crippen LogP contribution in [0.3, 0.4) is 0 Å². The Morgan fingerprint density at radius 2 is 2.00 bits per heavy atom. The molecule has 0 radical (unpaired) electrons. The van der Waals surface area contributed by atoms with Crippen LogP contribution in [0, 0.1) is 13.8 Å². The molecule has 0 saturated heterocycles. The Kier molecular flexibility index (Phi) is 7.22. The molecular formula is C25H32N2O. The minimum absolute atomic E-state index is 0.0506. The van der Waals surface area contributed by atoms with Crippen molar-refractivity contribution in [2.45, 2.75) is 47.0 Å². The van der Waals surface area contributed by atoms with Gasteiger partial charge >= 0.3 is 0 Å². The van der Waals surface area contributed by atoms with E-state index >= 15 is 0 Å². The Balaban J connectivity index is 2.41. The van der Waals surface area contributed by atoms with Crippen molar-refractivity contribution in [2.24, 2.45) is 7.05 Å². The number of nitrogens with zero attached hydrogens (tertiary/aromatic N) is 1. The van der Waals surface area contributed by atoms with E-state index in [0.29, 0.717) is 0 Å². The third kappa shape index (κ3) is 5.13. The standard InChI is InChI=1S/C25H32N2O/c1-8-9-13-24(26-21(6)22-12-10-11-17(2)14-22)20(5)19(4)23-15-18(3)25(28)27(7)16-23/h9-16,19,26H,6,8H2,1-5,7H3/b13-9-,24-20+. The topological polar surface area (TPSA) is 34.0 Å². The van der Waals surface area contributed by atoms with E-state index < -0.39 is 0 Å². The van der Waals surface area contributed by atoms with Gasteiger partial charge in [0.2, 0.25) is 0 Å². The van der Waals surface area contributed by atoms with Gasteiger partial charge in [-0.2, -0.15) is 0 Å². The number of aryl methyl sites for hydroxylation is 3. The van der Waals surface area contributed by atoms with E-state index in [1.165, 1.54) is 11.1 Å². The van der Waals surface area contributed by atoms with Gasteiger partial charge in [-0.3, -0.25) is 4.79 Å². The SMILES string of the molecule is C=C(NC(/C=C\CC)=C(\C)C(C)c1cc(C)c(=O)n(C)c1)c1cccc(C)c1. The van der Waals surface area contributed by atoms with E-state index in [-0.39, 0.29) is 11.5 Å². The van der Waals surface area contributed by atoms with Crippen LogP contribution in [0.5, 0.6) is 0 Å². The lowest BCUT2D eigenvalue weighted by Crippen LogP contribution is -2.20. The molecule has 3 heteroatoms. The summed E-state index contributed by atoms with van der Waals surface area (Å²) in [5, 5.41) is 3.52. The number of aromatic nitrogens is 1. The number of benzene rings is 1. The summed E-state index contributed by atoms with van der Waals surface area (Å²) in [4.78, 5) is 12.0. The number of nitrogens with one attached hydrogen (secondary N) is 1. The molecule has 0 amide bonds. The number of hydrogen-bond donors (Lipinski definition) is 1. The molecule has 2 aromatic rings. The van der Waals surface area contributed by atoms with Crippen LogP contribution in [0.2, 0.25) is 0 Å². The highest BCUT2D eigenvalue weighted by molar-refractivity contribution is 5.64. The second kappa shape index (κ2) is 9.41. The summed E-state index contributed by atoms with van der Waals surface area (Å²) in [6, 6.07) is 10.3. The first-order chi connectivity index (χ1) is 13.2. The Labute approximate surface area is 169 Å². The van der Waals surface area contributed by atoms with Crippen LogP contribution >= 0.6 is 0 Å². The van der Waals surface area contributed by atoms with Crippen LogP contribution in [0.15, 0.2) is 71.3 Å². The van der Waals surface area contributed by atoms with E-state index in [4.69, 9.17) is 0 Å². The lowest BCUT2D eigenvalue weighted by atomic mass is 9.92. The lowest BCUT2D eigenvalue weighted by Gasteiger charge is -2.20. The Hall–Kier alpha value is -2.81. The highest BCUT2D eigenvalue weighted by atomic mass is 16.1. The van der Waals surface area contributed by atoms with Crippen molar-refractivity contribution in [3.05, 3.63) is 99.1 Å². The number of pyridine rings is 1. The predicted molar refractivity (Wildman–Crippen MR) is 120 cm³/mol. The van der Waals surface area contributed by atoms with E-state index in [1.807, 2.05) is 25.3 Å². The van der Waals surface area contributed by atoms with Crippen molar-refractivity contribution in [3.8, 4) is 0 Å². The van der Waals surface area contributed by atoms with Crippen LogP contribution in [0.1, 0.15) is 55.4 Å². The first kappa shape index (κ1) is 21.5. The molecule has 1 atom stereocenters. The summed E-state index contributed by atoms with van der Waals surface area (Å²) >= 11 is 0. The fourth-order valence-electron chi connectivity index (χ4n) is 3.20. The fourth-order valence-corrected chi connectivity index (χ4v) is 3.20. The summed E-state index contributed by atoms with van der Waals surface area (Å²) < 4.78 is 1.66. The second-order valence-corrected chi connectivity index (χ2v) is 7.47. The summed E-state index contributed by atoms with van der Waals surface area (Å²) in [5.41, 5.74) is 7.37. The van der Waals surface area contributed by atoms with Gasteiger partial charge in [0.1, 0.15) is 0 Å². The number of rotatable bonds is 7. The molecule has 28 heavy (non-hydrogen) atoms. The summed E-state index contributed by atoms with van der Waals surface area (Å²) in [6.45, 7) is 14.6. The average molecular weight is 377 g/mol. The quantitative estimate of drug-likeness (QED) is 0.638. The van der Waals surface area contributed by atoms with Crippen molar-refractivity contribution in [1.29, 1.82) is 0 Å². The van der Waals surface area contributed by atoms with Crippen LogP contribution in [-0.2, 0) is 7.05 Å². The van der Waals surface area contributed by atoms with Gasteiger partial charge in [0.15, 0.2) is 0 Å². The normalized spacial score (nSPS) is 13.4. The molecule has 0 aliphatic heterocycles. The Morgan fingerprint density at radius 3 is 2.61 bits per heavy atom. The van der Waals surface area contributed by atoms with Gasteiger partial charge in [-0.1, -0.05) is 50.3 Å². The highest BCUT2D eigenvalue weighted by Gasteiger charge is 2.14. The van der Waals surface area contributed by atoms with E-state index in [1.54, 1.807) is 11.6 Å². The summed E-state index contributed by atoms with van der Waals surface area (Å²) in [7, 11) is 1.81. The van der Waals surface area contributed by atoms with Crippen molar-refractivity contribution in [2.75, 3.05) is 0 Å². The first-order valence-electron chi connectivity index (χ1n) is 9.82. The van der Waals surface area contributed by atoms with Crippen LogP contribution in [0.25, 0.3) is 5.70 Å². The number of allylic oxidation sites excluding steroid dienone is 3.